The first kappa shape index (κ1) is 20.2. The van der Waals surface area contributed by atoms with Crippen molar-refractivity contribution in [3.05, 3.63) is 60.2 Å². The van der Waals surface area contributed by atoms with E-state index in [1.54, 1.807) is 24.3 Å². The highest BCUT2D eigenvalue weighted by molar-refractivity contribution is 5.96. The largest absolute Gasteiger partial charge is 0.480 e. The molecule has 0 saturated heterocycles. The van der Waals surface area contributed by atoms with E-state index < -0.39 is 17.9 Å². The minimum Gasteiger partial charge on any atom is -0.480 e. The van der Waals surface area contributed by atoms with Gasteiger partial charge in [-0.25, -0.2) is 4.79 Å². The monoisotopic (exact) mass is 394 g/mol. The number of para-hydroxylation sites is 1. The molecule has 0 radical (unpaired) electrons. The Kier molecular flexibility index (Phi) is 6.64. The summed E-state index contributed by atoms with van der Waals surface area (Å²) in [6.45, 7) is 0.491. The normalized spacial score (nSPS) is 11.8. The average molecular weight is 394 g/mol. The molecular formula is C20H22N6O3. The summed E-state index contributed by atoms with van der Waals surface area (Å²) in [6.07, 6.45) is 1.68. The van der Waals surface area contributed by atoms with Gasteiger partial charge in [-0.2, -0.15) is 0 Å². The Bertz CT molecular complexity index is 956. The number of carbonyl (C=O) groups excluding carboxylic acids is 1. The van der Waals surface area contributed by atoms with Crippen LogP contribution in [0, 0.1) is 0 Å². The van der Waals surface area contributed by atoms with Crippen LogP contribution in [0.3, 0.4) is 0 Å². The second kappa shape index (κ2) is 9.56. The predicted octanol–water partition coefficient (Wildman–Crippen LogP) is 1.64. The van der Waals surface area contributed by atoms with Crippen LogP contribution in [0.5, 0.6) is 0 Å². The van der Waals surface area contributed by atoms with Gasteiger partial charge in [0.2, 0.25) is 5.82 Å². The molecule has 4 N–H and O–H groups in total. The highest BCUT2D eigenvalue weighted by Gasteiger charge is 2.20. The van der Waals surface area contributed by atoms with Gasteiger partial charge >= 0.3 is 5.97 Å². The summed E-state index contributed by atoms with van der Waals surface area (Å²) in [5, 5.41) is 24.3. The molecule has 0 saturated carbocycles. The fourth-order valence-corrected chi connectivity index (χ4v) is 2.76. The molecule has 3 rings (SSSR count). The van der Waals surface area contributed by atoms with E-state index in [-0.39, 0.29) is 0 Å². The molecule has 2 aromatic carbocycles. The van der Waals surface area contributed by atoms with Gasteiger partial charge in [0.05, 0.1) is 5.69 Å². The summed E-state index contributed by atoms with van der Waals surface area (Å²) in [4.78, 5) is 25.2. The van der Waals surface area contributed by atoms with E-state index in [1.807, 2.05) is 30.3 Å². The van der Waals surface area contributed by atoms with Gasteiger partial charge in [-0.3, -0.25) is 4.79 Å². The van der Waals surface area contributed by atoms with Crippen LogP contribution >= 0.6 is 0 Å². The van der Waals surface area contributed by atoms with Gasteiger partial charge in [-0.05, 0) is 55.3 Å². The molecule has 1 heterocycles. The van der Waals surface area contributed by atoms with Crippen LogP contribution in [0.4, 0.5) is 0 Å². The first-order valence-electron chi connectivity index (χ1n) is 9.28. The Morgan fingerprint density at radius 1 is 1.07 bits per heavy atom. The van der Waals surface area contributed by atoms with Crippen molar-refractivity contribution in [3.63, 3.8) is 0 Å². The molecule has 0 unspecified atom stereocenters. The molecule has 0 spiro atoms. The van der Waals surface area contributed by atoms with Crippen LogP contribution in [-0.2, 0) is 4.79 Å². The Morgan fingerprint density at radius 3 is 2.45 bits per heavy atom. The van der Waals surface area contributed by atoms with Crippen molar-refractivity contribution in [2.75, 3.05) is 6.54 Å². The summed E-state index contributed by atoms with van der Waals surface area (Å²) in [5.74, 6) is -1.09. The zero-order valence-corrected chi connectivity index (χ0v) is 15.7. The molecule has 150 valence electrons. The number of unbranched alkanes of at least 4 members (excludes halogenated alkanes) is 1. The summed E-state index contributed by atoms with van der Waals surface area (Å²) in [7, 11) is 0. The van der Waals surface area contributed by atoms with Crippen LogP contribution in [0.15, 0.2) is 54.6 Å². The number of carbonyl (C=O) groups is 2. The van der Waals surface area contributed by atoms with E-state index in [4.69, 9.17) is 5.73 Å². The van der Waals surface area contributed by atoms with Crippen molar-refractivity contribution < 1.29 is 14.7 Å². The molecule has 0 fully saturated rings. The van der Waals surface area contributed by atoms with Gasteiger partial charge in [0.25, 0.3) is 5.91 Å². The second-order valence-electron chi connectivity index (χ2n) is 6.46. The number of aromatic nitrogens is 4. The highest BCUT2D eigenvalue weighted by Crippen LogP contribution is 2.16. The van der Waals surface area contributed by atoms with E-state index in [2.05, 4.69) is 20.7 Å². The Labute approximate surface area is 167 Å². The number of hydrogen-bond acceptors (Lipinski definition) is 6. The number of tetrazole rings is 1. The first-order chi connectivity index (χ1) is 14.1. The third-order valence-electron chi connectivity index (χ3n) is 4.36. The maximum Gasteiger partial charge on any atom is 0.326 e. The molecular weight excluding hydrogens is 372 g/mol. The fraction of sp³-hybridized carbons (Fsp3) is 0.250. The van der Waals surface area contributed by atoms with E-state index in [0.29, 0.717) is 42.8 Å². The average Bonchev–Trinajstić information content (AvgIpc) is 3.24. The lowest BCUT2D eigenvalue weighted by molar-refractivity contribution is -0.139. The lowest BCUT2D eigenvalue weighted by Gasteiger charge is -2.14. The van der Waals surface area contributed by atoms with Crippen LogP contribution in [0.25, 0.3) is 17.1 Å². The van der Waals surface area contributed by atoms with Crippen molar-refractivity contribution in [3.8, 4) is 17.1 Å². The molecule has 0 aliphatic heterocycles. The van der Waals surface area contributed by atoms with Crippen molar-refractivity contribution in [2.24, 2.45) is 5.73 Å². The Hall–Kier alpha value is -3.59. The second-order valence-corrected chi connectivity index (χ2v) is 6.46. The molecule has 1 atom stereocenters. The fourth-order valence-electron chi connectivity index (χ4n) is 2.76. The molecule has 3 aromatic rings. The van der Waals surface area contributed by atoms with Crippen LogP contribution in [0.1, 0.15) is 29.6 Å². The minimum absolute atomic E-state index is 0.336. The lowest BCUT2D eigenvalue weighted by Crippen LogP contribution is -2.40. The minimum atomic E-state index is -1.06. The first-order valence-corrected chi connectivity index (χ1v) is 9.28. The predicted molar refractivity (Wildman–Crippen MR) is 106 cm³/mol. The molecule has 9 heteroatoms. The lowest BCUT2D eigenvalue weighted by atomic mass is 10.1. The summed E-state index contributed by atoms with van der Waals surface area (Å²) >= 11 is 0. The van der Waals surface area contributed by atoms with Crippen molar-refractivity contribution >= 4 is 11.9 Å². The topological polar surface area (TPSA) is 136 Å². The van der Waals surface area contributed by atoms with Crippen LogP contribution in [-0.4, -0.2) is 49.8 Å². The third-order valence-corrected chi connectivity index (χ3v) is 4.36. The number of carboxylic acid groups (broad SMARTS) is 1. The van der Waals surface area contributed by atoms with Crippen molar-refractivity contribution in [1.29, 1.82) is 0 Å². The SMILES string of the molecule is NCCCC[C@H](NC(=O)c1ccc(-c2nnn(-c3ccccc3)n2)cc1)C(=O)O. The number of nitrogens with two attached hydrogens (primary N) is 1. The summed E-state index contributed by atoms with van der Waals surface area (Å²) in [6, 6.07) is 15.1. The van der Waals surface area contributed by atoms with Gasteiger partial charge < -0.3 is 16.2 Å². The maximum atomic E-state index is 12.4. The zero-order chi connectivity index (χ0) is 20.6. The molecule has 0 aliphatic carbocycles. The van der Waals surface area contributed by atoms with Gasteiger partial charge in [0.1, 0.15) is 6.04 Å². The van der Waals surface area contributed by atoms with Gasteiger partial charge in [-0.1, -0.05) is 30.3 Å². The number of carboxylic acids is 1. The molecule has 0 bridgehead atoms. The summed E-state index contributed by atoms with van der Waals surface area (Å²) < 4.78 is 0. The number of rotatable bonds is 9. The van der Waals surface area contributed by atoms with Gasteiger partial charge in [0, 0.05) is 11.1 Å². The molecule has 1 aromatic heterocycles. The van der Waals surface area contributed by atoms with Crippen molar-refractivity contribution in [1.82, 2.24) is 25.5 Å². The molecule has 29 heavy (non-hydrogen) atoms. The molecule has 0 aliphatic rings. The van der Waals surface area contributed by atoms with Crippen LogP contribution in [0.2, 0.25) is 0 Å². The van der Waals surface area contributed by atoms with E-state index in [0.717, 1.165) is 5.69 Å². The molecule has 1 amide bonds. The number of hydrogen-bond donors (Lipinski definition) is 3. The number of amides is 1. The highest BCUT2D eigenvalue weighted by atomic mass is 16.4. The van der Waals surface area contributed by atoms with Crippen molar-refractivity contribution in [2.45, 2.75) is 25.3 Å². The van der Waals surface area contributed by atoms with Gasteiger partial charge in [0.15, 0.2) is 0 Å². The summed E-state index contributed by atoms with van der Waals surface area (Å²) in [5.41, 5.74) is 7.27. The standard InChI is InChI=1S/C20H22N6O3/c21-13-5-4-8-17(20(28)29)22-19(27)15-11-9-14(10-12-15)18-23-25-26(24-18)16-6-2-1-3-7-16/h1-3,6-7,9-12,17H,4-5,8,13,21H2,(H,22,27)(H,28,29)/t17-/m0/s1. The maximum absolute atomic E-state index is 12.4. The van der Waals surface area contributed by atoms with E-state index in [9.17, 15) is 14.7 Å². The Balaban J connectivity index is 1.67. The number of nitrogens with one attached hydrogen (secondary N) is 1. The number of benzene rings is 2. The quantitative estimate of drug-likeness (QED) is 0.469. The van der Waals surface area contributed by atoms with E-state index >= 15 is 0 Å². The third kappa shape index (κ3) is 5.23. The molecule has 9 nitrogen and oxygen atoms in total. The Morgan fingerprint density at radius 2 is 1.79 bits per heavy atom. The zero-order valence-electron chi connectivity index (χ0n) is 15.7. The van der Waals surface area contributed by atoms with Gasteiger partial charge in [-0.15, -0.1) is 15.0 Å². The number of nitrogens with zero attached hydrogens (tertiary/aromatic N) is 4. The smallest absolute Gasteiger partial charge is 0.326 e. The van der Waals surface area contributed by atoms with E-state index in [1.165, 1.54) is 4.80 Å². The van der Waals surface area contributed by atoms with Crippen LogP contribution < -0.4 is 11.1 Å². The number of aliphatic carboxylic acids is 1.